The predicted molar refractivity (Wildman–Crippen MR) is 116 cm³/mol. The molecular formula is C21H25ClN4OS. The van der Waals surface area contributed by atoms with Crippen LogP contribution in [0.15, 0.2) is 36.4 Å². The van der Waals surface area contributed by atoms with Crippen molar-refractivity contribution in [2.45, 2.75) is 44.8 Å². The Morgan fingerprint density at radius 2 is 2.00 bits per heavy atom. The van der Waals surface area contributed by atoms with Gasteiger partial charge in [-0.2, -0.15) is 5.10 Å². The molecule has 1 N–H and O–H groups in total. The fraction of sp³-hybridized carbons (Fsp3) is 0.429. The number of carbonyl (C=O) groups excluding carboxylic acids is 1. The summed E-state index contributed by atoms with van der Waals surface area (Å²) in [6.45, 7) is 4.45. The van der Waals surface area contributed by atoms with E-state index >= 15 is 0 Å². The van der Waals surface area contributed by atoms with Crippen LogP contribution in [-0.2, 0) is 6.54 Å². The number of thiophene rings is 1. The maximum atomic E-state index is 13.2. The lowest BCUT2D eigenvalue weighted by Gasteiger charge is -2.23. The highest BCUT2D eigenvalue weighted by molar-refractivity contribution is 7.20. The number of carbonyl (C=O) groups is 1. The van der Waals surface area contributed by atoms with Crippen LogP contribution in [0.4, 0.5) is 0 Å². The number of aryl methyl sites for hydroxylation is 1. The van der Waals surface area contributed by atoms with Crippen molar-refractivity contribution < 1.29 is 4.79 Å². The molecule has 148 valence electrons. The minimum Gasteiger partial charge on any atom is -0.336 e. The predicted octanol–water partition coefficient (Wildman–Crippen LogP) is 3.84. The van der Waals surface area contributed by atoms with Crippen LogP contribution in [-0.4, -0.2) is 45.8 Å². The van der Waals surface area contributed by atoms with Crippen LogP contribution in [0, 0.1) is 6.92 Å². The van der Waals surface area contributed by atoms with E-state index in [2.05, 4.69) is 17.4 Å². The Balaban J connectivity index is 0.00000192. The summed E-state index contributed by atoms with van der Waals surface area (Å²) in [5.41, 5.74) is 2.21. The fourth-order valence-electron chi connectivity index (χ4n) is 4.36. The first-order chi connectivity index (χ1) is 13.2. The highest BCUT2D eigenvalue weighted by Gasteiger charge is 2.32. The lowest BCUT2D eigenvalue weighted by atomic mass is 10.1. The van der Waals surface area contributed by atoms with Crippen molar-refractivity contribution in [2.75, 3.05) is 13.1 Å². The van der Waals surface area contributed by atoms with Gasteiger partial charge < -0.3 is 10.2 Å². The van der Waals surface area contributed by atoms with E-state index < -0.39 is 0 Å². The summed E-state index contributed by atoms with van der Waals surface area (Å²) in [5, 5.41) is 9.45. The zero-order chi connectivity index (χ0) is 18.4. The van der Waals surface area contributed by atoms with E-state index in [1.807, 2.05) is 40.8 Å². The lowest BCUT2D eigenvalue weighted by Crippen LogP contribution is -2.38. The van der Waals surface area contributed by atoms with Crippen LogP contribution in [0.2, 0.25) is 0 Å². The first-order valence-corrected chi connectivity index (χ1v) is 10.6. The molecule has 5 rings (SSSR count). The molecule has 5 nitrogen and oxygen atoms in total. The van der Waals surface area contributed by atoms with Crippen molar-refractivity contribution in [3.05, 3.63) is 52.5 Å². The zero-order valence-corrected chi connectivity index (χ0v) is 17.6. The summed E-state index contributed by atoms with van der Waals surface area (Å²) in [5.74, 6) is 0.177. The quantitative estimate of drug-likeness (QED) is 0.705. The number of amides is 1. The van der Waals surface area contributed by atoms with Crippen molar-refractivity contribution in [2.24, 2.45) is 0 Å². The number of hydrogen-bond donors (Lipinski definition) is 1. The number of nitrogens with one attached hydrogen (secondary N) is 1. The molecule has 0 radical (unpaired) electrons. The van der Waals surface area contributed by atoms with E-state index in [9.17, 15) is 4.79 Å². The maximum Gasteiger partial charge on any atom is 0.264 e. The third-order valence-corrected chi connectivity index (χ3v) is 6.94. The number of halogens is 1. The van der Waals surface area contributed by atoms with Gasteiger partial charge in [0, 0.05) is 30.6 Å². The van der Waals surface area contributed by atoms with Crippen molar-refractivity contribution in [1.29, 1.82) is 0 Å². The molecule has 0 saturated carbocycles. The van der Waals surface area contributed by atoms with Gasteiger partial charge in [-0.15, -0.1) is 23.7 Å². The maximum absolute atomic E-state index is 13.2. The first kappa shape index (κ1) is 19.4. The Labute approximate surface area is 175 Å². The minimum atomic E-state index is 0. The normalized spacial score (nSPS) is 21.5. The zero-order valence-electron chi connectivity index (χ0n) is 15.9. The molecule has 2 fully saturated rings. The Morgan fingerprint density at radius 1 is 1.21 bits per heavy atom. The molecule has 2 unspecified atom stereocenters. The number of benzene rings is 1. The SMILES string of the molecule is Cc1nn(Cc2ccccc2)c2sc(C(=O)N3CCC4CCC(C3)N4)cc12.Cl. The number of likely N-dealkylation sites (tertiary alicyclic amines) is 1. The topological polar surface area (TPSA) is 50.2 Å². The number of aromatic nitrogens is 2. The molecule has 0 aliphatic carbocycles. The molecule has 2 atom stereocenters. The smallest absolute Gasteiger partial charge is 0.264 e. The van der Waals surface area contributed by atoms with Gasteiger partial charge in [0.1, 0.15) is 4.83 Å². The standard InChI is InChI=1S/C21H24N4OS.ClH/c1-14-18-11-19(20(26)24-10-9-16-7-8-17(13-24)22-16)27-21(18)25(23-14)12-15-5-3-2-4-6-15;/h2-6,11,16-17,22H,7-10,12-13H2,1H3;1H. The molecule has 3 aromatic rings. The van der Waals surface area contributed by atoms with Crippen LogP contribution in [0.25, 0.3) is 10.2 Å². The highest BCUT2D eigenvalue weighted by Crippen LogP contribution is 2.30. The lowest BCUT2D eigenvalue weighted by molar-refractivity contribution is 0.0753. The summed E-state index contributed by atoms with van der Waals surface area (Å²) < 4.78 is 2.04. The van der Waals surface area contributed by atoms with Gasteiger partial charge in [0.25, 0.3) is 5.91 Å². The van der Waals surface area contributed by atoms with Gasteiger partial charge >= 0.3 is 0 Å². The Kier molecular flexibility index (Phi) is 5.45. The van der Waals surface area contributed by atoms with E-state index in [1.54, 1.807) is 11.3 Å². The first-order valence-electron chi connectivity index (χ1n) is 9.73. The highest BCUT2D eigenvalue weighted by atomic mass is 35.5. The van der Waals surface area contributed by atoms with Gasteiger partial charge in [-0.3, -0.25) is 9.48 Å². The summed E-state index contributed by atoms with van der Waals surface area (Å²) >= 11 is 1.58. The molecule has 2 saturated heterocycles. The third kappa shape index (κ3) is 3.56. The molecule has 2 aliphatic heterocycles. The fourth-order valence-corrected chi connectivity index (χ4v) is 5.49. The molecule has 2 aliphatic rings. The van der Waals surface area contributed by atoms with E-state index in [4.69, 9.17) is 5.10 Å². The van der Waals surface area contributed by atoms with Gasteiger partial charge in [-0.1, -0.05) is 30.3 Å². The molecule has 1 amide bonds. The van der Waals surface area contributed by atoms with Crippen molar-refractivity contribution in [3.8, 4) is 0 Å². The van der Waals surface area contributed by atoms with E-state index in [1.165, 1.54) is 18.4 Å². The number of rotatable bonds is 3. The van der Waals surface area contributed by atoms with Crippen LogP contribution >= 0.6 is 23.7 Å². The van der Waals surface area contributed by atoms with Gasteiger partial charge in [-0.05, 0) is 37.8 Å². The number of fused-ring (bicyclic) bond motifs is 3. The van der Waals surface area contributed by atoms with Gasteiger partial charge in [0.2, 0.25) is 0 Å². The van der Waals surface area contributed by atoms with E-state index in [0.717, 1.165) is 46.8 Å². The van der Waals surface area contributed by atoms with Crippen LogP contribution in [0.1, 0.15) is 40.2 Å². The monoisotopic (exact) mass is 416 g/mol. The molecule has 1 aromatic carbocycles. The summed E-state index contributed by atoms with van der Waals surface area (Å²) in [4.78, 5) is 17.1. The summed E-state index contributed by atoms with van der Waals surface area (Å²) in [6, 6.07) is 13.5. The summed E-state index contributed by atoms with van der Waals surface area (Å²) in [7, 11) is 0. The van der Waals surface area contributed by atoms with E-state index in [-0.39, 0.29) is 18.3 Å². The van der Waals surface area contributed by atoms with Gasteiger partial charge in [0.15, 0.2) is 0 Å². The Hall–Kier alpha value is -1.89. The Morgan fingerprint density at radius 3 is 2.82 bits per heavy atom. The van der Waals surface area contributed by atoms with Crippen LogP contribution in [0.5, 0.6) is 0 Å². The van der Waals surface area contributed by atoms with Gasteiger partial charge in [-0.25, -0.2) is 0 Å². The van der Waals surface area contributed by atoms with Crippen LogP contribution in [0.3, 0.4) is 0 Å². The summed E-state index contributed by atoms with van der Waals surface area (Å²) in [6.07, 6.45) is 3.50. The molecule has 4 heterocycles. The second kappa shape index (κ2) is 7.85. The number of hydrogen-bond acceptors (Lipinski definition) is 4. The Bertz CT molecular complexity index is 983. The average molecular weight is 417 g/mol. The van der Waals surface area contributed by atoms with E-state index in [0.29, 0.717) is 12.1 Å². The number of nitrogens with zero attached hydrogens (tertiary/aromatic N) is 3. The third-order valence-electron chi connectivity index (χ3n) is 5.80. The van der Waals surface area contributed by atoms with Gasteiger partial charge in [0.05, 0.1) is 17.1 Å². The molecule has 28 heavy (non-hydrogen) atoms. The molecule has 0 spiro atoms. The van der Waals surface area contributed by atoms with Crippen molar-refractivity contribution in [1.82, 2.24) is 20.0 Å². The second-order valence-electron chi connectivity index (χ2n) is 7.74. The van der Waals surface area contributed by atoms with Crippen molar-refractivity contribution >= 4 is 39.9 Å². The minimum absolute atomic E-state index is 0. The van der Waals surface area contributed by atoms with Crippen molar-refractivity contribution in [3.63, 3.8) is 0 Å². The molecule has 2 bridgehead atoms. The molecule has 7 heteroatoms. The molecule has 2 aromatic heterocycles. The largest absolute Gasteiger partial charge is 0.336 e. The average Bonchev–Trinajstić information content (AvgIpc) is 3.32. The van der Waals surface area contributed by atoms with Crippen LogP contribution < -0.4 is 5.32 Å². The molecular weight excluding hydrogens is 392 g/mol. The second-order valence-corrected chi connectivity index (χ2v) is 8.77.